The Morgan fingerprint density at radius 1 is 1.41 bits per heavy atom. The molecular weight excluding hydrogens is 442 g/mol. The summed E-state index contributed by atoms with van der Waals surface area (Å²) >= 11 is 0. The highest BCUT2D eigenvalue weighted by Gasteiger charge is 2.25. The number of carbonyl (C=O) groups is 1. The third-order valence-electron chi connectivity index (χ3n) is 4.77. The maximum absolute atomic E-state index is 12.7. The van der Waals surface area contributed by atoms with Gasteiger partial charge in [-0.1, -0.05) is 6.92 Å². The molecule has 12 nitrogen and oxygen atoms in total. The number of benzene rings is 1. The second kappa shape index (κ2) is 10.1. The van der Waals surface area contributed by atoms with Crippen molar-refractivity contribution in [1.29, 1.82) is 0 Å². The number of nitro groups is 1. The summed E-state index contributed by atoms with van der Waals surface area (Å²) in [6.45, 7) is 2.98. The molecule has 0 spiro atoms. The van der Waals surface area contributed by atoms with Gasteiger partial charge >= 0.3 is 0 Å². The normalized spacial score (nSPS) is 16.1. The number of hydrogen-bond acceptors (Lipinski definition) is 8. The average molecular weight is 468 g/mol. The van der Waals surface area contributed by atoms with Gasteiger partial charge in [-0.25, -0.2) is 17.8 Å². The molecule has 32 heavy (non-hydrogen) atoms. The highest BCUT2D eigenvalue weighted by Crippen LogP contribution is 2.32. The van der Waals surface area contributed by atoms with Crippen molar-refractivity contribution in [2.75, 3.05) is 19.7 Å². The summed E-state index contributed by atoms with van der Waals surface area (Å²) in [5.41, 5.74) is -0.315. The molecule has 1 aromatic heterocycles. The Balaban J connectivity index is 1.83. The molecule has 3 rings (SSSR count). The molecule has 2 aromatic rings. The minimum Gasteiger partial charge on any atom is -0.438 e. The Morgan fingerprint density at radius 2 is 2.19 bits per heavy atom. The first-order valence-corrected chi connectivity index (χ1v) is 11.6. The Labute approximate surface area is 185 Å². The second-order valence-corrected chi connectivity index (χ2v) is 8.96. The minimum absolute atomic E-state index is 0.0260. The van der Waals surface area contributed by atoms with Crippen LogP contribution in [0.2, 0.25) is 0 Å². The summed E-state index contributed by atoms with van der Waals surface area (Å²) in [5.74, 6) is -0.464. The molecular formula is C19H25N5O7S. The summed E-state index contributed by atoms with van der Waals surface area (Å²) < 4.78 is 40.2. The highest BCUT2D eigenvalue weighted by molar-refractivity contribution is 7.89. The van der Waals surface area contributed by atoms with Gasteiger partial charge in [0, 0.05) is 44.9 Å². The smallest absolute Gasteiger partial charge is 0.272 e. The molecule has 174 valence electrons. The van der Waals surface area contributed by atoms with E-state index in [1.807, 2.05) is 0 Å². The zero-order valence-electron chi connectivity index (χ0n) is 17.7. The lowest BCUT2D eigenvalue weighted by molar-refractivity contribution is -0.385. The Bertz CT molecular complexity index is 1090. The number of amides is 1. The topological polar surface area (TPSA) is 155 Å². The van der Waals surface area contributed by atoms with Gasteiger partial charge in [0.1, 0.15) is 10.6 Å². The summed E-state index contributed by atoms with van der Waals surface area (Å²) in [4.78, 5) is 22.5. The number of nitrogens with one attached hydrogen (secondary N) is 2. The fraction of sp³-hybridized carbons (Fsp3) is 0.474. The van der Waals surface area contributed by atoms with E-state index in [2.05, 4.69) is 15.1 Å². The molecule has 1 aliphatic rings. The monoisotopic (exact) mass is 467 g/mol. The molecule has 1 fully saturated rings. The van der Waals surface area contributed by atoms with Gasteiger partial charge in [-0.15, -0.1) is 0 Å². The van der Waals surface area contributed by atoms with E-state index in [9.17, 15) is 23.3 Å². The van der Waals surface area contributed by atoms with Crippen LogP contribution in [0.1, 0.15) is 36.7 Å². The van der Waals surface area contributed by atoms with Crippen LogP contribution in [0.15, 0.2) is 29.2 Å². The van der Waals surface area contributed by atoms with Crippen LogP contribution in [0.4, 0.5) is 5.69 Å². The maximum Gasteiger partial charge on any atom is 0.272 e. The van der Waals surface area contributed by atoms with Crippen molar-refractivity contribution in [3.8, 4) is 11.6 Å². The predicted molar refractivity (Wildman–Crippen MR) is 113 cm³/mol. The van der Waals surface area contributed by atoms with E-state index in [4.69, 9.17) is 9.47 Å². The van der Waals surface area contributed by atoms with Gasteiger partial charge in [-0.3, -0.25) is 14.9 Å². The standard InChI is InChI=1S/C19H25N5O7S/c1-3-8-21-32(28,29)17-10-13(24(26)27)6-7-16(17)31-18-11-15(22-23(18)2)19(25)20-12-14-5-4-9-30-14/h6-7,10-11,14,21H,3-5,8-9,12H2,1-2H3,(H,20,25). The maximum atomic E-state index is 12.7. The van der Waals surface area contributed by atoms with Crippen molar-refractivity contribution in [1.82, 2.24) is 19.8 Å². The number of aryl methyl sites for hydroxylation is 1. The van der Waals surface area contributed by atoms with Gasteiger partial charge in [-0.05, 0) is 25.3 Å². The number of carbonyl (C=O) groups excluding carboxylic acids is 1. The molecule has 13 heteroatoms. The van der Waals surface area contributed by atoms with E-state index in [0.717, 1.165) is 25.0 Å². The van der Waals surface area contributed by atoms with E-state index in [-0.39, 0.29) is 34.9 Å². The third kappa shape index (κ3) is 5.60. The van der Waals surface area contributed by atoms with Crippen LogP contribution in [0, 0.1) is 10.1 Å². The lowest BCUT2D eigenvalue weighted by atomic mass is 10.2. The first-order valence-electron chi connectivity index (χ1n) is 10.1. The number of sulfonamides is 1. The van der Waals surface area contributed by atoms with Gasteiger partial charge in [0.15, 0.2) is 5.69 Å². The van der Waals surface area contributed by atoms with E-state index in [1.165, 1.54) is 23.9 Å². The van der Waals surface area contributed by atoms with Crippen LogP contribution in [-0.2, 0) is 21.8 Å². The molecule has 0 radical (unpaired) electrons. The zero-order valence-corrected chi connectivity index (χ0v) is 18.6. The SMILES string of the molecule is CCCNS(=O)(=O)c1cc([N+](=O)[O-])ccc1Oc1cc(C(=O)NCC2CCCO2)nn1C. The number of ether oxygens (including phenoxy) is 2. The van der Waals surface area contributed by atoms with Crippen molar-refractivity contribution in [3.05, 3.63) is 40.1 Å². The molecule has 2 heterocycles. The molecule has 1 aliphatic heterocycles. The lowest BCUT2D eigenvalue weighted by Crippen LogP contribution is -2.32. The first kappa shape index (κ1) is 23.6. The van der Waals surface area contributed by atoms with Crippen molar-refractivity contribution in [2.24, 2.45) is 7.05 Å². The van der Waals surface area contributed by atoms with Crippen LogP contribution < -0.4 is 14.8 Å². The highest BCUT2D eigenvalue weighted by atomic mass is 32.2. The largest absolute Gasteiger partial charge is 0.438 e. The molecule has 1 atom stereocenters. The Kier molecular flexibility index (Phi) is 7.43. The Hall–Kier alpha value is -3.03. The summed E-state index contributed by atoms with van der Waals surface area (Å²) in [5, 5.41) is 18.0. The fourth-order valence-corrected chi connectivity index (χ4v) is 4.37. The second-order valence-electron chi connectivity index (χ2n) is 7.22. The molecule has 1 aromatic carbocycles. The van der Waals surface area contributed by atoms with Gasteiger partial charge in [0.05, 0.1) is 11.0 Å². The summed E-state index contributed by atoms with van der Waals surface area (Å²) in [6, 6.07) is 4.63. The van der Waals surface area contributed by atoms with Gasteiger partial charge in [0.2, 0.25) is 15.9 Å². The zero-order chi connectivity index (χ0) is 23.3. The number of nitro benzene ring substituents is 1. The van der Waals surface area contributed by atoms with Crippen molar-refractivity contribution in [2.45, 2.75) is 37.2 Å². The van der Waals surface area contributed by atoms with E-state index in [1.54, 1.807) is 6.92 Å². The molecule has 1 saturated heterocycles. The van der Waals surface area contributed by atoms with Gasteiger partial charge in [-0.2, -0.15) is 5.10 Å². The third-order valence-corrected chi connectivity index (χ3v) is 6.25. The number of hydrogen-bond donors (Lipinski definition) is 2. The van der Waals surface area contributed by atoms with Crippen molar-refractivity contribution >= 4 is 21.6 Å². The van der Waals surface area contributed by atoms with Crippen LogP contribution in [0.25, 0.3) is 0 Å². The lowest BCUT2D eigenvalue weighted by Gasteiger charge is -2.12. The number of non-ortho nitro benzene ring substituents is 1. The van der Waals surface area contributed by atoms with Crippen molar-refractivity contribution in [3.63, 3.8) is 0 Å². The molecule has 0 saturated carbocycles. The first-order chi connectivity index (χ1) is 15.2. The Morgan fingerprint density at radius 3 is 2.84 bits per heavy atom. The van der Waals surface area contributed by atoms with Gasteiger partial charge < -0.3 is 14.8 Å². The quantitative estimate of drug-likeness (QED) is 0.395. The molecule has 2 N–H and O–H groups in total. The molecule has 0 bridgehead atoms. The summed E-state index contributed by atoms with van der Waals surface area (Å²) in [6.07, 6.45) is 2.34. The number of nitrogens with zero attached hydrogens (tertiary/aromatic N) is 3. The average Bonchev–Trinajstić information content (AvgIpc) is 3.40. The van der Waals surface area contributed by atoms with Crippen LogP contribution in [-0.4, -0.2) is 54.8 Å². The van der Waals surface area contributed by atoms with E-state index >= 15 is 0 Å². The molecule has 0 aliphatic carbocycles. The van der Waals surface area contributed by atoms with E-state index < -0.39 is 26.5 Å². The number of rotatable bonds is 10. The van der Waals surface area contributed by atoms with Crippen molar-refractivity contribution < 1.29 is 27.6 Å². The van der Waals surface area contributed by atoms with Gasteiger partial charge in [0.25, 0.3) is 11.6 Å². The predicted octanol–water partition coefficient (Wildman–Crippen LogP) is 1.72. The van der Waals surface area contributed by atoms with E-state index in [0.29, 0.717) is 19.6 Å². The molecule has 1 amide bonds. The fourth-order valence-electron chi connectivity index (χ4n) is 3.09. The minimum atomic E-state index is -4.07. The van der Waals surface area contributed by atoms with Crippen LogP contribution in [0.3, 0.4) is 0 Å². The number of aromatic nitrogens is 2. The van der Waals surface area contributed by atoms with Crippen LogP contribution >= 0.6 is 0 Å². The van der Waals surface area contributed by atoms with Crippen LogP contribution in [0.5, 0.6) is 11.6 Å². The molecule has 1 unspecified atom stereocenters. The summed E-state index contributed by atoms with van der Waals surface area (Å²) in [7, 11) is -2.54.